The molecular weight excluding hydrogens is 192 g/mol. The van der Waals surface area contributed by atoms with Crippen LogP contribution in [0.5, 0.6) is 0 Å². The van der Waals surface area contributed by atoms with Crippen LogP contribution in [0.2, 0.25) is 0 Å². The van der Waals surface area contributed by atoms with Gasteiger partial charge in [0.15, 0.2) is 0 Å². The van der Waals surface area contributed by atoms with Crippen molar-refractivity contribution in [1.82, 2.24) is 0 Å². The van der Waals surface area contributed by atoms with Crippen molar-refractivity contribution in [3.63, 3.8) is 0 Å². The summed E-state index contributed by atoms with van der Waals surface area (Å²) in [5, 5.41) is 12.3. The van der Waals surface area contributed by atoms with Gasteiger partial charge in [-0.1, -0.05) is 13.3 Å². The molecule has 1 aliphatic rings. The maximum Gasteiger partial charge on any atom is 0.0826 e. The highest BCUT2D eigenvalue weighted by Crippen LogP contribution is 2.39. The van der Waals surface area contributed by atoms with Crippen molar-refractivity contribution in [3.05, 3.63) is 21.9 Å². The average molecular weight is 210 g/mol. The molecule has 3 unspecified atom stereocenters. The van der Waals surface area contributed by atoms with Gasteiger partial charge in [0.25, 0.3) is 0 Å². The zero-order valence-electron chi connectivity index (χ0n) is 8.86. The van der Waals surface area contributed by atoms with E-state index in [0.717, 1.165) is 11.5 Å². The lowest BCUT2D eigenvalue weighted by Crippen LogP contribution is -2.08. The fourth-order valence-corrected chi connectivity index (χ4v) is 3.16. The Bertz CT molecular complexity index is 305. The van der Waals surface area contributed by atoms with Crippen LogP contribution in [0.3, 0.4) is 0 Å². The average Bonchev–Trinajstić information content (AvgIpc) is 2.73. The van der Waals surface area contributed by atoms with E-state index in [2.05, 4.69) is 25.3 Å². The van der Waals surface area contributed by atoms with Crippen LogP contribution in [-0.4, -0.2) is 5.11 Å². The van der Waals surface area contributed by atoms with Crippen molar-refractivity contribution in [2.75, 3.05) is 0 Å². The first kappa shape index (κ1) is 10.2. The summed E-state index contributed by atoms with van der Waals surface area (Å²) in [7, 11) is 0. The summed E-state index contributed by atoms with van der Waals surface area (Å²) in [6.07, 6.45) is 3.45. The number of aliphatic hydroxyl groups excluding tert-OH is 1. The van der Waals surface area contributed by atoms with Gasteiger partial charge in [0, 0.05) is 4.88 Å². The Hall–Kier alpha value is -0.340. The van der Waals surface area contributed by atoms with E-state index >= 15 is 0 Å². The third kappa shape index (κ3) is 2.01. The van der Waals surface area contributed by atoms with E-state index in [9.17, 15) is 5.11 Å². The van der Waals surface area contributed by atoms with E-state index in [4.69, 9.17) is 0 Å². The molecule has 1 N–H and O–H groups in total. The van der Waals surface area contributed by atoms with Crippen LogP contribution in [0.1, 0.15) is 42.7 Å². The molecule has 0 aromatic carbocycles. The van der Waals surface area contributed by atoms with Crippen molar-refractivity contribution in [2.45, 2.75) is 39.2 Å². The molecule has 2 rings (SSSR count). The Morgan fingerprint density at radius 2 is 2.29 bits per heavy atom. The standard InChI is InChI=1S/C12H18OS/c1-8-3-4-10(5-8)12(13)11-6-9(2)14-7-11/h6-8,10,12-13H,3-5H2,1-2H3. The van der Waals surface area contributed by atoms with Crippen molar-refractivity contribution in [2.24, 2.45) is 11.8 Å². The van der Waals surface area contributed by atoms with Crippen LogP contribution in [-0.2, 0) is 0 Å². The molecule has 1 aromatic heterocycles. The highest BCUT2D eigenvalue weighted by atomic mass is 32.1. The highest BCUT2D eigenvalue weighted by molar-refractivity contribution is 7.10. The van der Waals surface area contributed by atoms with E-state index in [-0.39, 0.29) is 6.10 Å². The first-order valence-electron chi connectivity index (χ1n) is 5.40. The van der Waals surface area contributed by atoms with Crippen molar-refractivity contribution in [1.29, 1.82) is 0 Å². The molecule has 14 heavy (non-hydrogen) atoms. The molecule has 1 aromatic rings. The van der Waals surface area contributed by atoms with Gasteiger partial charge in [0.1, 0.15) is 0 Å². The van der Waals surface area contributed by atoms with Gasteiger partial charge in [0.2, 0.25) is 0 Å². The maximum atomic E-state index is 10.2. The zero-order valence-corrected chi connectivity index (χ0v) is 9.68. The smallest absolute Gasteiger partial charge is 0.0826 e. The summed E-state index contributed by atoms with van der Waals surface area (Å²) in [5.74, 6) is 1.30. The molecule has 0 aliphatic heterocycles. The largest absolute Gasteiger partial charge is 0.388 e. The lowest BCUT2D eigenvalue weighted by Gasteiger charge is -2.16. The normalized spacial score (nSPS) is 29.4. The first-order valence-corrected chi connectivity index (χ1v) is 6.28. The minimum Gasteiger partial charge on any atom is -0.388 e. The minimum absolute atomic E-state index is 0.218. The van der Waals surface area contributed by atoms with Gasteiger partial charge >= 0.3 is 0 Å². The number of aryl methyl sites for hydroxylation is 1. The Kier molecular flexibility index (Phi) is 2.93. The van der Waals surface area contributed by atoms with E-state index in [1.165, 1.54) is 24.1 Å². The Balaban J connectivity index is 2.05. The van der Waals surface area contributed by atoms with Gasteiger partial charge in [0.05, 0.1) is 6.10 Å². The van der Waals surface area contributed by atoms with E-state index in [1.807, 2.05) is 0 Å². The third-order valence-corrected chi connectivity index (χ3v) is 4.15. The van der Waals surface area contributed by atoms with Crippen molar-refractivity contribution in [3.8, 4) is 0 Å². The quantitative estimate of drug-likeness (QED) is 0.791. The van der Waals surface area contributed by atoms with Crippen LogP contribution < -0.4 is 0 Å². The van der Waals surface area contributed by atoms with Gasteiger partial charge in [-0.2, -0.15) is 0 Å². The summed E-state index contributed by atoms with van der Waals surface area (Å²) >= 11 is 1.73. The number of aliphatic hydroxyl groups is 1. The Labute approximate surface area is 89.8 Å². The molecule has 1 nitrogen and oxygen atoms in total. The van der Waals surface area contributed by atoms with E-state index in [1.54, 1.807) is 11.3 Å². The number of rotatable bonds is 2. The molecule has 1 fully saturated rings. The summed E-state index contributed by atoms with van der Waals surface area (Å²) in [5.41, 5.74) is 1.13. The van der Waals surface area contributed by atoms with Crippen molar-refractivity contribution >= 4 is 11.3 Å². The lowest BCUT2D eigenvalue weighted by atomic mass is 9.95. The molecule has 2 heteroatoms. The predicted octanol–water partition coefficient (Wildman–Crippen LogP) is 3.53. The molecule has 0 spiro atoms. The molecule has 0 amide bonds. The maximum absolute atomic E-state index is 10.2. The monoisotopic (exact) mass is 210 g/mol. The van der Waals surface area contributed by atoms with Gasteiger partial charge in [-0.15, -0.1) is 11.3 Å². The second-order valence-electron chi connectivity index (χ2n) is 4.61. The molecule has 3 atom stereocenters. The highest BCUT2D eigenvalue weighted by Gasteiger charge is 2.28. The molecule has 1 aliphatic carbocycles. The number of hydrogen-bond acceptors (Lipinski definition) is 2. The van der Waals surface area contributed by atoms with Crippen LogP contribution in [0, 0.1) is 18.8 Å². The van der Waals surface area contributed by atoms with Gasteiger partial charge in [-0.3, -0.25) is 0 Å². The zero-order chi connectivity index (χ0) is 10.1. The summed E-state index contributed by atoms with van der Waals surface area (Å²) in [4.78, 5) is 1.30. The lowest BCUT2D eigenvalue weighted by molar-refractivity contribution is 0.110. The molecule has 1 saturated carbocycles. The number of hydrogen-bond donors (Lipinski definition) is 1. The van der Waals surface area contributed by atoms with E-state index in [0.29, 0.717) is 5.92 Å². The minimum atomic E-state index is -0.218. The molecule has 0 bridgehead atoms. The topological polar surface area (TPSA) is 20.2 Å². The summed E-state index contributed by atoms with van der Waals surface area (Å²) in [6.45, 7) is 4.38. The molecule has 0 radical (unpaired) electrons. The SMILES string of the molecule is Cc1cc(C(O)C2CCC(C)C2)cs1. The van der Waals surface area contributed by atoms with E-state index < -0.39 is 0 Å². The van der Waals surface area contributed by atoms with Gasteiger partial charge < -0.3 is 5.11 Å². The van der Waals surface area contributed by atoms with Crippen LogP contribution in [0.4, 0.5) is 0 Å². The molecular formula is C12H18OS. The van der Waals surface area contributed by atoms with Crippen LogP contribution in [0.25, 0.3) is 0 Å². The van der Waals surface area contributed by atoms with Crippen LogP contribution in [0.15, 0.2) is 11.4 Å². The predicted molar refractivity (Wildman–Crippen MR) is 60.5 cm³/mol. The second-order valence-corrected chi connectivity index (χ2v) is 5.73. The number of thiophene rings is 1. The Morgan fingerprint density at radius 1 is 1.50 bits per heavy atom. The molecule has 1 heterocycles. The summed E-state index contributed by atoms with van der Waals surface area (Å²) in [6, 6.07) is 2.12. The van der Waals surface area contributed by atoms with Gasteiger partial charge in [-0.05, 0) is 48.6 Å². The fraction of sp³-hybridized carbons (Fsp3) is 0.667. The van der Waals surface area contributed by atoms with Gasteiger partial charge in [-0.25, -0.2) is 0 Å². The first-order chi connectivity index (χ1) is 6.66. The fourth-order valence-electron chi connectivity index (χ4n) is 2.43. The molecule has 0 saturated heterocycles. The Morgan fingerprint density at radius 3 is 2.79 bits per heavy atom. The summed E-state index contributed by atoms with van der Waals surface area (Å²) < 4.78 is 0. The molecule has 78 valence electrons. The third-order valence-electron chi connectivity index (χ3n) is 3.27. The van der Waals surface area contributed by atoms with Crippen molar-refractivity contribution < 1.29 is 5.11 Å². The van der Waals surface area contributed by atoms with Crippen LogP contribution >= 0.6 is 11.3 Å². The second kappa shape index (κ2) is 4.03.